The molecule has 4 saturated carbocycles. The normalized spacial score (nSPS) is 27.8. The molecule has 3 aromatic rings. The maximum atomic E-state index is 3.65. The summed E-state index contributed by atoms with van der Waals surface area (Å²) >= 11 is 1.46. The Morgan fingerprint density at radius 3 is 1.83 bits per heavy atom. The van der Waals surface area contributed by atoms with Gasteiger partial charge in [0.25, 0.3) is 0 Å². The molecule has 1 unspecified atom stereocenters. The number of benzene rings is 3. The van der Waals surface area contributed by atoms with Gasteiger partial charge in [0.1, 0.15) is 0 Å². The zero-order valence-corrected chi connectivity index (χ0v) is 37.1. The van der Waals surface area contributed by atoms with Crippen LogP contribution in [0, 0.1) is 41.2 Å². The number of allylic oxidation sites excluding steroid dienone is 8. The quantitative estimate of drug-likeness (QED) is 0.201. The van der Waals surface area contributed by atoms with Crippen molar-refractivity contribution < 1.29 is 49.0 Å². The molecule has 0 N–H and O–H groups in total. The molecule has 0 spiro atoms. The SMILES string of the molecule is CC1=[C-]C(C)(C)c2cc3c(cc21)-c1cc2c(cc1C3)C(C)(C)C=C2C.CC1=[C-]C(C)C=C1CC12CC3CC(CC(C3)C1)C2.[Cl-].[Cl-].[Zr+2]=[CH]c1ccccc1. The van der Waals surface area contributed by atoms with Crippen LogP contribution in [0.4, 0.5) is 0 Å². The van der Waals surface area contributed by atoms with Gasteiger partial charge >= 0.3 is 63.8 Å². The molecule has 53 heavy (non-hydrogen) atoms. The molecule has 0 heterocycles. The first-order chi connectivity index (χ1) is 24.2. The van der Waals surface area contributed by atoms with E-state index in [9.17, 15) is 0 Å². The van der Waals surface area contributed by atoms with Gasteiger partial charge in [0, 0.05) is 5.41 Å². The van der Waals surface area contributed by atoms with E-state index in [1.54, 1.807) is 44.1 Å². The summed E-state index contributed by atoms with van der Waals surface area (Å²) in [6.07, 6.45) is 23.9. The maximum absolute atomic E-state index is 3.65. The van der Waals surface area contributed by atoms with Crippen molar-refractivity contribution in [3.8, 4) is 11.1 Å². The monoisotopic (exact) mass is 816 g/mol. The Labute approximate surface area is 348 Å². The molecule has 276 valence electrons. The predicted molar refractivity (Wildman–Crippen MR) is 213 cm³/mol. The fraction of sp³-hybridized carbons (Fsp3) is 0.460. The molecule has 3 heteroatoms. The van der Waals surface area contributed by atoms with E-state index < -0.39 is 0 Å². The third-order valence-corrected chi connectivity index (χ3v) is 14.3. The number of hydrogen-bond donors (Lipinski definition) is 0. The predicted octanol–water partition coefficient (Wildman–Crippen LogP) is 6.76. The van der Waals surface area contributed by atoms with Crippen LogP contribution in [0.25, 0.3) is 22.3 Å². The van der Waals surface area contributed by atoms with Crippen molar-refractivity contribution in [2.24, 2.45) is 29.1 Å². The Balaban J connectivity index is 0.000000150. The average molecular weight is 819 g/mol. The second kappa shape index (κ2) is 15.1. The van der Waals surface area contributed by atoms with E-state index >= 15 is 0 Å². The van der Waals surface area contributed by atoms with Crippen LogP contribution in [0.3, 0.4) is 0 Å². The van der Waals surface area contributed by atoms with E-state index in [-0.39, 0.29) is 35.6 Å². The first-order valence-electron chi connectivity index (χ1n) is 19.8. The molecule has 11 rings (SSSR count). The molecule has 8 aliphatic rings. The Bertz CT molecular complexity index is 1920. The van der Waals surface area contributed by atoms with Gasteiger partial charge in [-0.2, -0.15) is 17.2 Å². The molecule has 1 atom stereocenters. The van der Waals surface area contributed by atoms with E-state index in [0.29, 0.717) is 11.3 Å². The molecule has 0 saturated heterocycles. The summed E-state index contributed by atoms with van der Waals surface area (Å²) in [5.74, 6) is 3.82. The van der Waals surface area contributed by atoms with Crippen LogP contribution in [0.1, 0.15) is 139 Å². The molecule has 0 aromatic heterocycles. The number of fused-ring (bicyclic) bond motifs is 5. The van der Waals surface area contributed by atoms with E-state index in [1.807, 2.05) is 6.07 Å². The first-order valence-corrected chi connectivity index (χ1v) is 21.2. The summed E-state index contributed by atoms with van der Waals surface area (Å²) in [7, 11) is 0. The van der Waals surface area contributed by atoms with Gasteiger partial charge in [-0.25, -0.2) is 11.1 Å². The van der Waals surface area contributed by atoms with E-state index in [1.165, 1.54) is 97.4 Å². The van der Waals surface area contributed by atoms with Crippen LogP contribution in [-0.2, 0) is 41.5 Å². The molecule has 4 bridgehead atoms. The van der Waals surface area contributed by atoms with Gasteiger partial charge in [-0.05, 0) is 120 Å². The topological polar surface area (TPSA) is 0 Å². The molecule has 0 amide bonds. The zero-order valence-electron chi connectivity index (χ0n) is 33.2. The number of rotatable bonds is 3. The van der Waals surface area contributed by atoms with E-state index in [0.717, 1.165) is 24.2 Å². The van der Waals surface area contributed by atoms with Crippen LogP contribution in [0.2, 0.25) is 0 Å². The van der Waals surface area contributed by atoms with Crippen molar-refractivity contribution >= 4 is 14.9 Å². The van der Waals surface area contributed by atoms with Crippen molar-refractivity contribution in [3.05, 3.63) is 129 Å². The third kappa shape index (κ3) is 7.72. The Kier molecular flexibility index (Phi) is 11.6. The van der Waals surface area contributed by atoms with Crippen LogP contribution < -0.4 is 24.8 Å². The number of halogens is 2. The van der Waals surface area contributed by atoms with Gasteiger partial charge in [-0.1, -0.05) is 84.4 Å². The average Bonchev–Trinajstić information content (AvgIpc) is 3.72. The summed E-state index contributed by atoms with van der Waals surface area (Å²) in [4.78, 5) is 0. The molecule has 3 aromatic carbocycles. The molecule has 0 nitrogen and oxygen atoms in total. The van der Waals surface area contributed by atoms with Crippen molar-refractivity contribution in [3.63, 3.8) is 0 Å². The van der Waals surface area contributed by atoms with Crippen LogP contribution in [-0.4, -0.2) is 3.71 Å². The molecule has 4 fully saturated rings. The molecular formula is C50H56Cl2Zr-2. The summed E-state index contributed by atoms with van der Waals surface area (Å²) in [5.41, 5.74) is 19.7. The summed E-state index contributed by atoms with van der Waals surface area (Å²) in [5, 5.41) is 0. The minimum absolute atomic E-state index is 0. The molecule has 0 aliphatic heterocycles. The Hall–Kier alpha value is -2.05. The molecular weight excluding hydrogens is 763 g/mol. The van der Waals surface area contributed by atoms with Gasteiger partial charge in [0.05, 0.1) is 0 Å². The van der Waals surface area contributed by atoms with Crippen LogP contribution >= 0.6 is 0 Å². The standard InChI is InChI=1S/C25H25.C18H25.C7H6.2ClH.Zr/c1-14-12-24(3,4)22-8-16-7-17-9-23-19(15(2)13-25(23,5)6)11-21(17)20(16)10-18(14)22;1-12-3-13(2)17(4-12)11-18-8-14-5-15(9-18)7-16(6-14)10-18;1-7-5-3-2-4-6-7;;;/h8-12H,7H2,1-6H3;4,12,14-16H,5-11H2,1-2H3;1-6H;2*1H;/q2*-1;;;;+2/p-2. The van der Waals surface area contributed by atoms with Crippen LogP contribution in [0.15, 0.2) is 77.9 Å². The van der Waals surface area contributed by atoms with Crippen molar-refractivity contribution in [2.75, 3.05) is 0 Å². The molecule has 0 radical (unpaired) electrons. The van der Waals surface area contributed by atoms with Crippen molar-refractivity contribution in [2.45, 2.75) is 118 Å². The van der Waals surface area contributed by atoms with Gasteiger partial charge in [0.2, 0.25) is 0 Å². The second-order valence-corrected chi connectivity index (χ2v) is 19.3. The zero-order chi connectivity index (χ0) is 35.9. The van der Waals surface area contributed by atoms with E-state index in [4.69, 9.17) is 0 Å². The van der Waals surface area contributed by atoms with Crippen molar-refractivity contribution in [1.82, 2.24) is 0 Å². The van der Waals surface area contributed by atoms with Gasteiger partial charge in [0.15, 0.2) is 0 Å². The van der Waals surface area contributed by atoms with Gasteiger partial charge in [-0.15, -0.1) is 11.6 Å². The van der Waals surface area contributed by atoms with Crippen molar-refractivity contribution in [1.29, 1.82) is 0 Å². The van der Waals surface area contributed by atoms with E-state index in [2.05, 4.69) is 132 Å². The third-order valence-electron chi connectivity index (χ3n) is 13.5. The fourth-order valence-electron chi connectivity index (χ4n) is 11.8. The van der Waals surface area contributed by atoms with Crippen LogP contribution in [0.5, 0.6) is 0 Å². The molecule has 8 aliphatic carbocycles. The Morgan fingerprint density at radius 2 is 1.30 bits per heavy atom. The van der Waals surface area contributed by atoms with Gasteiger partial charge < -0.3 is 24.8 Å². The summed E-state index contributed by atoms with van der Waals surface area (Å²) in [6.45, 7) is 18.2. The Morgan fingerprint density at radius 1 is 0.736 bits per heavy atom. The summed E-state index contributed by atoms with van der Waals surface area (Å²) < 4.78 is 2.17. The number of hydrogen-bond acceptors (Lipinski definition) is 0. The fourth-order valence-corrected chi connectivity index (χ4v) is 12.3. The second-order valence-electron chi connectivity index (χ2n) is 18.6. The first kappa shape index (κ1) is 40.6. The summed E-state index contributed by atoms with van der Waals surface area (Å²) in [6, 6.07) is 20.2. The minimum atomic E-state index is 0. The van der Waals surface area contributed by atoms with Gasteiger partial charge in [-0.3, -0.25) is 12.2 Å².